The molecule has 2 heteroatoms. The van der Waals surface area contributed by atoms with Crippen molar-refractivity contribution in [3.8, 4) is 0 Å². The molecule has 0 bridgehead atoms. The predicted octanol–water partition coefficient (Wildman–Crippen LogP) is 2.35. The molecule has 1 fully saturated rings. The molecule has 0 radical (unpaired) electrons. The molecule has 0 aromatic carbocycles. The summed E-state index contributed by atoms with van der Waals surface area (Å²) >= 11 is 0. The molecule has 1 aliphatic heterocycles. The van der Waals surface area contributed by atoms with Crippen molar-refractivity contribution in [2.45, 2.75) is 52.6 Å². The van der Waals surface area contributed by atoms with Gasteiger partial charge in [0, 0.05) is 18.6 Å². The molecule has 15 heavy (non-hydrogen) atoms. The zero-order valence-electron chi connectivity index (χ0n) is 11.1. The minimum absolute atomic E-state index is 0.637. The molecule has 0 amide bonds. The maximum Gasteiger partial charge on any atom is 0.00817 e. The highest BCUT2D eigenvalue weighted by Gasteiger charge is 2.28. The van der Waals surface area contributed by atoms with Gasteiger partial charge in [0.05, 0.1) is 0 Å². The number of hydrogen-bond acceptors (Lipinski definition) is 2. The van der Waals surface area contributed by atoms with Gasteiger partial charge in [0.1, 0.15) is 0 Å². The van der Waals surface area contributed by atoms with Crippen molar-refractivity contribution < 1.29 is 0 Å². The Balaban J connectivity index is 2.33. The first-order valence-corrected chi connectivity index (χ1v) is 6.46. The average molecular weight is 212 g/mol. The summed E-state index contributed by atoms with van der Waals surface area (Å²) in [6.07, 6.45) is 2.66. The van der Waals surface area contributed by atoms with Crippen LogP contribution in [-0.2, 0) is 0 Å². The van der Waals surface area contributed by atoms with E-state index in [1.54, 1.807) is 0 Å². The van der Waals surface area contributed by atoms with Gasteiger partial charge in [0.25, 0.3) is 0 Å². The maximum absolute atomic E-state index is 3.33. The van der Waals surface area contributed by atoms with Gasteiger partial charge in [-0.05, 0) is 52.1 Å². The van der Waals surface area contributed by atoms with E-state index >= 15 is 0 Å². The van der Waals surface area contributed by atoms with Crippen molar-refractivity contribution in [3.05, 3.63) is 0 Å². The maximum atomic E-state index is 3.33. The van der Waals surface area contributed by atoms with Crippen LogP contribution < -0.4 is 5.32 Å². The Bertz CT molecular complexity index is 179. The smallest absolute Gasteiger partial charge is 0.00817 e. The molecule has 1 rings (SSSR count). The van der Waals surface area contributed by atoms with E-state index in [2.05, 4.69) is 45.0 Å². The lowest BCUT2D eigenvalue weighted by molar-refractivity contribution is 0.217. The minimum Gasteiger partial charge on any atom is -0.317 e. The normalized spacial score (nSPS) is 27.2. The first kappa shape index (κ1) is 13.0. The average Bonchev–Trinajstić information content (AvgIpc) is 2.66. The molecule has 3 unspecified atom stereocenters. The van der Waals surface area contributed by atoms with Crippen LogP contribution in [0, 0.1) is 11.8 Å². The summed E-state index contributed by atoms with van der Waals surface area (Å²) in [5, 5.41) is 3.33. The molecule has 90 valence electrons. The van der Waals surface area contributed by atoms with Gasteiger partial charge in [-0.25, -0.2) is 0 Å². The molecular weight excluding hydrogens is 184 g/mol. The number of nitrogens with one attached hydrogen (secondary N) is 1. The predicted molar refractivity (Wildman–Crippen MR) is 67.1 cm³/mol. The fourth-order valence-corrected chi connectivity index (χ4v) is 2.54. The van der Waals surface area contributed by atoms with Crippen LogP contribution in [0.4, 0.5) is 0 Å². The number of nitrogens with zero attached hydrogens (tertiary/aromatic N) is 1. The lowest BCUT2D eigenvalue weighted by Crippen LogP contribution is -2.36. The van der Waals surface area contributed by atoms with Crippen molar-refractivity contribution in [3.63, 3.8) is 0 Å². The zero-order chi connectivity index (χ0) is 11.4. The molecule has 1 saturated heterocycles. The number of hydrogen-bond donors (Lipinski definition) is 1. The molecule has 0 spiro atoms. The Morgan fingerprint density at radius 3 is 2.40 bits per heavy atom. The lowest BCUT2D eigenvalue weighted by atomic mass is 9.95. The minimum atomic E-state index is 0.637. The molecule has 0 aromatic heterocycles. The fourth-order valence-electron chi connectivity index (χ4n) is 2.54. The van der Waals surface area contributed by atoms with E-state index in [-0.39, 0.29) is 0 Å². The molecule has 0 aliphatic carbocycles. The molecular formula is C13H28N2. The third-order valence-electron chi connectivity index (χ3n) is 4.01. The summed E-state index contributed by atoms with van der Waals surface area (Å²) in [5.74, 6) is 1.78. The quantitative estimate of drug-likeness (QED) is 0.752. The Morgan fingerprint density at radius 2 is 1.93 bits per heavy atom. The fraction of sp³-hybridized carbons (Fsp3) is 1.00. The van der Waals surface area contributed by atoms with E-state index in [9.17, 15) is 0 Å². The summed E-state index contributed by atoms with van der Waals surface area (Å²) in [7, 11) is 2.05. The van der Waals surface area contributed by atoms with Crippen LogP contribution in [0.3, 0.4) is 0 Å². The second-order valence-electron chi connectivity index (χ2n) is 5.56. The van der Waals surface area contributed by atoms with Crippen molar-refractivity contribution in [1.29, 1.82) is 0 Å². The molecule has 1 heterocycles. The van der Waals surface area contributed by atoms with Gasteiger partial charge in [-0.1, -0.05) is 13.8 Å². The topological polar surface area (TPSA) is 15.3 Å². The summed E-state index contributed by atoms with van der Waals surface area (Å²) in [6.45, 7) is 12.0. The first-order valence-electron chi connectivity index (χ1n) is 6.46. The molecule has 3 atom stereocenters. The van der Waals surface area contributed by atoms with Crippen molar-refractivity contribution in [2.75, 3.05) is 20.1 Å². The second kappa shape index (κ2) is 5.86. The van der Waals surface area contributed by atoms with Gasteiger partial charge in [-0.2, -0.15) is 0 Å². The van der Waals surface area contributed by atoms with Crippen molar-refractivity contribution in [1.82, 2.24) is 10.2 Å². The van der Waals surface area contributed by atoms with Crippen LogP contribution in [0.5, 0.6) is 0 Å². The van der Waals surface area contributed by atoms with Gasteiger partial charge in [0.2, 0.25) is 0 Å². The van der Waals surface area contributed by atoms with Crippen molar-refractivity contribution in [2.24, 2.45) is 11.8 Å². The van der Waals surface area contributed by atoms with Crippen molar-refractivity contribution >= 4 is 0 Å². The van der Waals surface area contributed by atoms with E-state index in [0.717, 1.165) is 17.9 Å². The summed E-state index contributed by atoms with van der Waals surface area (Å²) in [4.78, 5) is 2.67. The summed E-state index contributed by atoms with van der Waals surface area (Å²) in [5.41, 5.74) is 0. The third-order valence-corrected chi connectivity index (χ3v) is 4.01. The summed E-state index contributed by atoms with van der Waals surface area (Å²) in [6, 6.07) is 1.37. The van der Waals surface area contributed by atoms with Crippen LogP contribution >= 0.6 is 0 Å². The van der Waals surface area contributed by atoms with Crippen LogP contribution in [0.2, 0.25) is 0 Å². The molecule has 2 nitrogen and oxygen atoms in total. The highest BCUT2D eigenvalue weighted by molar-refractivity contribution is 4.82. The van der Waals surface area contributed by atoms with Gasteiger partial charge < -0.3 is 10.2 Å². The summed E-state index contributed by atoms with van der Waals surface area (Å²) < 4.78 is 0. The standard InChI is InChI=1S/C13H28N2/c1-10(2)13-6-7-15(9-13)12(4)8-11(3)14-5/h10-14H,6-9H2,1-5H3. The van der Waals surface area contributed by atoms with Crippen LogP contribution in [0.1, 0.15) is 40.5 Å². The van der Waals surface area contributed by atoms with Gasteiger partial charge in [0.15, 0.2) is 0 Å². The number of rotatable bonds is 5. The van der Waals surface area contributed by atoms with E-state index in [1.807, 2.05) is 0 Å². The van der Waals surface area contributed by atoms with Gasteiger partial charge >= 0.3 is 0 Å². The Morgan fingerprint density at radius 1 is 1.27 bits per heavy atom. The molecule has 0 saturated carbocycles. The van der Waals surface area contributed by atoms with Crippen LogP contribution in [0.15, 0.2) is 0 Å². The Hall–Kier alpha value is -0.0800. The monoisotopic (exact) mass is 212 g/mol. The van der Waals surface area contributed by atoms with E-state index in [1.165, 1.54) is 25.9 Å². The third kappa shape index (κ3) is 3.76. The molecule has 1 N–H and O–H groups in total. The second-order valence-corrected chi connectivity index (χ2v) is 5.56. The van der Waals surface area contributed by atoms with Crippen LogP contribution in [0.25, 0.3) is 0 Å². The largest absolute Gasteiger partial charge is 0.317 e. The van der Waals surface area contributed by atoms with Gasteiger partial charge in [-0.15, -0.1) is 0 Å². The first-order chi connectivity index (χ1) is 7.04. The number of likely N-dealkylation sites (tertiary alicyclic amines) is 1. The Kier molecular flexibility index (Phi) is 5.07. The van der Waals surface area contributed by atoms with E-state index in [0.29, 0.717) is 6.04 Å². The molecule has 1 aliphatic rings. The Labute approximate surface area is 95.4 Å². The lowest BCUT2D eigenvalue weighted by Gasteiger charge is -2.27. The van der Waals surface area contributed by atoms with E-state index in [4.69, 9.17) is 0 Å². The van der Waals surface area contributed by atoms with Gasteiger partial charge in [-0.3, -0.25) is 0 Å². The highest BCUT2D eigenvalue weighted by atomic mass is 15.2. The zero-order valence-corrected chi connectivity index (χ0v) is 11.1. The van der Waals surface area contributed by atoms with E-state index < -0.39 is 0 Å². The molecule has 0 aromatic rings. The highest BCUT2D eigenvalue weighted by Crippen LogP contribution is 2.26. The SMILES string of the molecule is CNC(C)CC(C)N1CCC(C(C)C)C1. The van der Waals surface area contributed by atoms with Crippen LogP contribution in [-0.4, -0.2) is 37.1 Å².